The number of halogens is 1. The van der Waals surface area contributed by atoms with E-state index in [1.165, 1.54) is 0 Å². The molecule has 18 heavy (non-hydrogen) atoms. The zero-order chi connectivity index (χ0) is 13.4. The maximum Gasteiger partial charge on any atom is 0.306 e. The minimum absolute atomic E-state index is 0.253. The molecule has 2 aliphatic rings. The van der Waals surface area contributed by atoms with Crippen molar-refractivity contribution in [2.75, 3.05) is 5.75 Å². The molecule has 0 aromatic rings. The molecule has 6 heteroatoms. The number of carbonyl (C=O) groups excluding carboxylic acids is 1. The van der Waals surface area contributed by atoms with E-state index in [0.717, 1.165) is 32.1 Å². The van der Waals surface area contributed by atoms with E-state index >= 15 is 0 Å². The highest BCUT2D eigenvalue weighted by Crippen LogP contribution is 2.50. The van der Waals surface area contributed by atoms with Gasteiger partial charge in [-0.1, -0.05) is 13.3 Å². The molecule has 1 unspecified atom stereocenters. The Morgan fingerprint density at radius 1 is 1.39 bits per heavy atom. The second kappa shape index (κ2) is 5.00. The minimum Gasteiger partial charge on any atom is -0.461 e. The third kappa shape index (κ3) is 2.99. The molecule has 1 spiro atoms. The fraction of sp³-hybridized carbons (Fsp3) is 0.917. The van der Waals surface area contributed by atoms with Gasteiger partial charge in [-0.15, -0.1) is 0 Å². The Balaban J connectivity index is 2.12. The van der Waals surface area contributed by atoms with Crippen molar-refractivity contribution < 1.29 is 17.9 Å². The van der Waals surface area contributed by atoms with E-state index in [1.807, 2.05) is 0 Å². The summed E-state index contributed by atoms with van der Waals surface area (Å²) in [7, 11) is 1.67. The molecular formula is C12H19ClO4S. The lowest BCUT2D eigenvalue weighted by molar-refractivity contribution is -0.141. The Bertz CT molecular complexity index is 423. The zero-order valence-corrected chi connectivity index (χ0v) is 12.1. The normalized spacial score (nSPS) is 36.9. The van der Waals surface area contributed by atoms with Crippen LogP contribution in [0.4, 0.5) is 0 Å². The quantitative estimate of drug-likeness (QED) is 0.592. The molecular weight excluding hydrogens is 276 g/mol. The molecule has 2 rings (SSSR count). The number of rotatable bonds is 3. The van der Waals surface area contributed by atoms with Crippen LogP contribution in [0, 0.1) is 11.3 Å². The Hall–Kier alpha value is -0.290. The largest absolute Gasteiger partial charge is 0.461 e. The highest BCUT2D eigenvalue weighted by atomic mass is 35.7. The van der Waals surface area contributed by atoms with Gasteiger partial charge in [0.05, 0.1) is 6.42 Å². The van der Waals surface area contributed by atoms with Gasteiger partial charge in [0, 0.05) is 16.1 Å². The van der Waals surface area contributed by atoms with E-state index in [2.05, 4.69) is 6.92 Å². The van der Waals surface area contributed by atoms with E-state index in [0.29, 0.717) is 12.3 Å². The molecule has 1 saturated heterocycles. The topological polar surface area (TPSA) is 60.4 Å². The molecule has 0 N–H and O–H groups in total. The average molecular weight is 295 g/mol. The monoisotopic (exact) mass is 294 g/mol. The van der Waals surface area contributed by atoms with E-state index in [4.69, 9.17) is 15.4 Å². The summed E-state index contributed by atoms with van der Waals surface area (Å²) < 4.78 is 27.6. The number of ether oxygens (including phenoxy) is 1. The van der Waals surface area contributed by atoms with Crippen molar-refractivity contribution in [1.82, 2.24) is 0 Å². The van der Waals surface area contributed by atoms with Crippen LogP contribution in [-0.4, -0.2) is 26.2 Å². The molecule has 2 fully saturated rings. The maximum atomic E-state index is 11.5. The zero-order valence-electron chi connectivity index (χ0n) is 10.5. The van der Waals surface area contributed by atoms with Gasteiger partial charge in [-0.2, -0.15) is 0 Å². The third-order valence-electron chi connectivity index (χ3n) is 4.48. The lowest BCUT2D eigenvalue weighted by Gasteiger charge is -2.38. The molecule has 0 aromatic heterocycles. The van der Waals surface area contributed by atoms with Crippen molar-refractivity contribution in [1.29, 1.82) is 0 Å². The lowest BCUT2D eigenvalue weighted by atomic mass is 9.66. The van der Waals surface area contributed by atoms with Crippen LogP contribution in [0.25, 0.3) is 0 Å². The Morgan fingerprint density at radius 2 is 2.00 bits per heavy atom. The lowest BCUT2D eigenvalue weighted by Crippen LogP contribution is -2.38. The molecule has 1 atom stereocenters. The van der Waals surface area contributed by atoms with Crippen LogP contribution in [0.3, 0.4) is 0 Å². The summed E-state index contributed by atoms with van der Waals surface area (Å²) in [5.74, 6) is 0.159. The van der Waals surface area contributed by atoms with E-state index in [1.54, 1.807) is 0 Å². The SMILES string of the molecule is CCC1CCC2(CC1)CC(=O)OC2CS(=O)(=O)Cl. The summed E-state index contributed by atoms with van der Waals surface area (Å²) in [6.07, 6.45) is 4.77. The smallest absolute Gasteiger partial charge is 0.306 e. The molecule has 0 bridgehead atoms. The minimum atomic E-state index is -3.63. The molecule has 4 nitrogen and oxygen atoms in total. The first-order valence-corrected chi connectivity index (χ1v) is 8.94. The molecule has 1 aliphatic carbocycles. The first-order valence-electron chi connectivity index (χ1n) is 6.46. The van der Waals surface area contributed by atoms with Gasteiger partial charge in [0.1, 0.15) is 11.9 Å². The summed E-state index contributed by atoms with van der Waals surface area (Å²) in [5.41, 5.74) is -0.287. The van der Waals surface area contributed by atoms with Gasteiger partial charge in [0.25, 0.3) is 0 Å². The summed E-state index contributed by atoms with van der Waals surface area (Å²) >= 11 is 0. The van der Waals surface area contributed by atoms with Gasteiger partial charge >= 0.3 is 5.97 Å². The molecule has 1 heterocycles. The predicted molar refractivity (Wildman–Crippen MR) is 68.8 cm³/mol. The molecule has 0 aromatic carbocycles. The molecule has 0 radical (unpaired) electrons. The van der Waals surface area contributed by atoms with E-state index in [9.17, 15) is 13.2 Å². The molecule has 1 saturated carbocycles. The van der Waals surface area contributed by atoms with Gasteiger partial charge in [0.2, 0.25) is 9.05 Å². The number of hydrogen-bond donors (Lipinski definition) is 0. The first-order chi connectivity index (χ1) is 8.35. The fourth-order valence-corrected chi connectivity index (χ4v) is 4.40. The highest BCUT2D eigenvalue weighted by molar-refractivity contribution is 8.13. The molecule has 104 valence electrons. The van der Waals surface area contributed by atoms with Gasteiger partial charge < -0.3 is 4.74 Å². The van der Waals surface area contributed by atoms with Gasteiger partial charge in [-0.05, 0) is 31.6 Å². The molecule has 1 aliphatic heterocycles. The predicted octanol–water partition coefficient (Wildman–Crippen LogP) is 2.46. The standard InChI is InChI=1S/C12H19ClO4S/c1-2-9-3-5-12(6-4-9)7-11(14)17-10(12)8-18(13,15)16/h9-10H,2-8H2,1H3. The van der Waals surface area contributed by atoms with Crippen molar-refractivity contribution in [2.24, 2.45) is 11.3 Å². The van der Waals surface area contributed by atoms with Crippen LogP contribution in [-0.2, 0) is 18.6 Å². The van der Waals surface area contributed by atoms with Gasteiger partial charge in [-0.25, -0.2) is 8.42 Å². The second-order valence-electron chi connectivity index (χ2n) is 5.57. The summed E-state index contributed by atoms with van der Waals surface area (Å²) in [5, 5.41) is 0. The number of carbonyl (C=O) groups is 1. The van der Waals surface area contributed by atoms with Crippen molar-refractivity contribution in [3.05, 3.63) is 0 Å². The number of esters is 1. The van der Waals surface area contributed by atoms with Gasteiger partial charge in [-0.3, -0.25) is 4.79 Å². The summed E-state index contributed by atoms with van der Waals surface area (Å²) in [6.45, 7) is 2.17. The summed E-state index contributed by atoms with van der Waals surface area (Å²) in [4.78, 5) is 11.5. The van der Waals surface area contributed by atoms with E-state index in [-0.39, 0.29) is 17.1 Å². The van der Waals surface area contributed by atoms with Crippen molar-refractivity contribution in [2.45, 2.75) is 51.6 Å². The van der Waals surface area contributed by atoms with Crippen LogP contribution < -0.4 is 0 Å². The fourth-order valence-electron chi connectivity index (χ4n) is 3.28. The van der Waals surface area contributed by atoms with Crippen LogP contribution in [0.15, 0.2) is 0 Å². The first kappa shape index (κ1) is 14.1. The number of cyclic esters (lactones) is 1. The highest BCUT2D eigenvalue weighted by Gasteiger charge is 2.51. The summed E-state index contributed by atoms with van der Waals surface area (Å²) in [6, 6.07) is 0. The van der Waals surface area contributed by atoms with Crippen LogP contribution in [0.2, 0.25) is 0 Å². The van der Waals surface area contributed by atoms with Gasteiger partial charge in [0.15, 0.2) is 0 Å². The third-order valence-corrected chi connectivity index (χ3v) is 5.56. The average Bonchev–Trinajstić information content (AvgIpc) is 2.54. The number of hydrogen-bond acceptors (Lipinski definition) is 4. The Labute approximate surface area is 112 Å². The second-order valence-corrected chi connectivity index (χ2v) is 8.40. The van der Waals surface area contributed by atoms with Crippen LogP contribution >= 0.6 is 10.7 Å². The van der Waals surface area contributed by atoms with Crippen molar-refractivity contribution in [3.63, 3.8) is 0 Å². The Morgan fingerprint density at radius 3 is 2.50 bits per heavy atom. The van der Waals surface area contributed by atoms with Crippen LogP contribution in [0.5, 0.6) is 0 Å². The van der Waals surface area contributed by atoms with E-state index < -0.39 is 15.2 Å². The Kier molecular flexibility index (Phi) is 3.93. The molecule has 0 amide bonds. The maximum absolute atomic E-state index is 11.5. The van der Waals surface area contributed by atoms with Crippen LogP contribution in [0.1, 0.15) is 45.4 Å². The van der Waals surface area contributed by atoms with Crippen molar-refractivity contribution in [3.8, 4) is 0 Å². The van der Waals surface area contributed by atoms with Crippen molar-refractivity contribution >= 4 is 25.7 Å².